The van der Waals surface area contributed by atoms with Crippen LogP contribution in [0.25, 0.3) is 0 Å². The summed E-state index contributed by atoms with van der Waals surface area (Å²) in [5.74, 6) is 0. The molecule has 0 aromatic rings. The van der Waals surface area contributed by atoms with Crippen molar-refractivity contribution in [1.82, 2.24) is 0 Å². The van der Waals surface area contributed by atoms with Gasteiger partial charge in [0, 0.05) is 5.41 Å². The van der Waals surface area contributed by atoms with E-state index in [1.54, 1.807) is 0 Å². The zero-order valence-corrected chi connectivity index (χ0v) is 11.3. The smallest absolute Gasteiger partial charge is 0.00167 e. The Balaban J connectivity index is 3.22. The summed E-state index contributed by atoms with van der Waals surface area (Å²) in [6.07, 6.45) is 17.0. The molecular formula is C17H22. The lowest BCUT2D eigenvalue weighted by Crippen LogP contribution is -2.02. The maximum atomic E-state index is 3.73. The summed E-state index contributed by atoms with van der Waals surface area (Å²) in [7, 11) is 0. The van der Waals surface area contributed by atoms with Gasteiger partial charge in [0.1, 0.15) is 0 Å². The SMILES string of the molecule is C=C/C=C\C1=CC(C)(C)C=CC=C1C=C(C)C. The molecular weight excluding hydrogens is 204 g/mol. The molecule has 1 rings (SSSR count). The summed E-state index contributed by atoms with van der Waals surface area (Å²) in [5, 5.41) is 0. The second kappa shape index (κ2) is 5.67. The highest BCUT2D eigenvalue weighted by molar-refractivity contribution is 5.52. The number of hydrogen-bond donors (Lipinski definition) is 0. The second-order valence-corrected chi connectivity index (χ2v) is 5.22. The van der Waals surface area contributed by atoms with E-state index in [-0.39, 0.29) is 5.41 Å². The summed E-state index contributed by atoms with van der Waals surface area (Å²) in [4.78, 5) is 0. The molecule has 0 radical (unpaired) electrons. The van der Waals surface area contributed by atoms with Gasteiger partial charge in [-0.3, -0.25) is 0 Å². The maximum Gasteiger partial charge on any atom is 0.00167 e. The maximum absolute atomic E-state index is 3.73. The van der Waals surface area contributed by atoms with Gasteiger partial charge in [-0.25, -0.2) is 0 Å². The van der Waals surface area contributed by atoms with Crippen molar-refractivity contribution in [3.05, 3.63) is 71.9 Å². The number of hydrogen-bond acceptors (Lipinski definition) is 0. The first-order chi connectivity index (χ1) is 7.94. The Morgan fingerprint density at radius 2 is 1.94 bits per heavy atom. The van der Waals surface area contributed by atoms with Crippen LogP contribution in [0.1, 0.15) is 27.7 Å². The Bertz CT molecular complexity index is 431. The molecule has 0 unspecified atom stereocenters. The van der Waals surface area contributed by atoms with Crippen LogP contribution in [0, 0.1) is 5.41 Å². The van der Waals surface area contributed by atoms with E-state index in [1.165, 1.54) is 16.7 Å². The van der Waals surface area contributed by atoms with E-state index in [1.807, 2.05) is 12.2 Å². The average molecular weight is 226 g/mol. The molecule has 0 heteroatoms. The van der Waals surface area contributed by atoms with Crippen LogP contribution in [-0.4, -0.2) is 0 Å². The highest BCUT2D eigenvalue weighted by Gasteiger charge is 2.14. The summed E-state index contributed by atoms with van der Waals surface area (Å²) >= 11 is 0. The molecule has 0 nitrogen and oxygen atoms in total. The highest BCUT2D eigenvalue weighted by Crippen LogP contribution is 2.28. The minimum atomic E-state index is 0.0918. The van der Waals surface area contributed by atoms with E-state index in [0.29, 0.717) is 0 Å². The molecule has 17 heavy (non-hydrogen) atoms. The number of allylic oxidation sites excluding steroid dienone is 11. The zero-order chi connectivity index (χ0) is 12.9. The fourth-order valence-electron chi connectivity index (χ4n) is 1.79. The van der Waals surface area contributed by atoms with Crippen LogP contribution in [0.15, 0.2) is 71.9 Å². The van der Waals surface area contributed by atoms with Crippen LogP contribution >= 0.6 is 0 Å². The lowest BCUT2D eigenvalue weighted by molar-refractivity contribution is 0.624. The van der Waals surface area contributed by atoms with Crippen molar-refractivity contribution in [2.75, 3.05) is 0 Å². The molecule has 0 heterocycles. The van der Waals surface area contributed by atoms with Gasteiger partial charge in [0.15, 0.2) is 0 Å². The first kappa shape index (κ1) is 13.5. The van der Waals surface area contributed by atoms with Gasteiger partial charge in [-0.15, -0.1) is 0 Å². The Kier molecular flexibility index (Phi) is 4.51. The van der Waals surface area contributed by atoms with Gasteiger partial charge in [-0.05, 0) is 25.0 Å². The largest absolute Gasteiger partial charge is 0.0991 e. The highest BCUT2D eigenvalue weighted by atomic mass is 14.2. The van der Waals surface area contributed by atoms with E-state index in [2.05, 4.69) is 70.7 Å². The van der Waals surface area contributed by atoms with Crippen LogP contribution in [0.5, 0.6) is 0 Å². The molecule has 1 aliphatic carbocycles. The molecule has 0 aromatic carbocycles. The lowest BCUT2D eigenvalue weighted by atomic mass is 9.89. The topological polar surface area (TPSA) is 0 Å². The Morgan fingerprint density at radius 1 is 1.24 bits per heavy atom. The van der Waals surface area contributed by atoms with Gasteiger partial charge < -0.3 is 0 Å². The van der Waals surface area contributed by atoms with E-state index in [4.69, 9.17) is 0 Å². The van der Waals surface area contributed by atoms with Crippen molar-refractivity contribution >= 4 is 0 Å². The molecule has 0 aromatic heterocycles. The standard InChI is InChI=1S/C17H22/c1-6-7-9-16-13-17(4,5)11-8-10-15(16)12-14(2)3/h6-13H,1H2,2-5H3/b9-7-. The van der Waals surface area contributed by atoms with E-state index in [9.17, 15) is 0 Å². The predicted molar refractivity (Wildman–Crippen MR) is 77.9 cm³/mol. The van der Waals surface area contributed by atoms with Crippen molar-refractivity contribution < 1.29 is 0 Å². The first-order valence-electron chi connectivity index (χ1n) is 6.01. The number of rotatable bonds is 3. The molecule has 0 saturated carbocycles. The zero-order valence-electron chi connectivity index (χ0n) is 11.3. The van der Waals surface area contributed by atoms with E-state index < -0.39 is 0 Å². The molecule has 0 amide bonds. The third kappa shape index (κ3) is 4.44. The second-order valence-electron chi connectivity index (χ2n) is 5.22. The fraction of sp³-hybridized carbons (Fsp3) is 0.294. The van der Waals surface area contributed by atoms with Crippen LogP contribution < -0.4 is 0 Å². The molecule has 0 aliphatic heterocycles. The van der Waals surface area contributed by atoms with Crippen molar-refractivity contribution in [3.63, 3.8) is 0 Å². The van der Waals surface area contributed by atoms with Crippen LogP contribution in [0.2, 0.25) is 0 Å². The minimum absolute atomic E-state index is 0.0918. The van der Waals surface area contributed by atoms with Gasteiger partial charge in [0.25, 0.3) is 0 Å². The van der Waals surface area contributed by atoms with Gasteiger partial charge in [0.05, 0.1) is 0 Å². The molecule has 0 atom stereocenters. The predicted octanol–water partition coefficient (Wildman–Crippen LogP) is 5.14. The Morgan fingerprint density at radius 3 is 2.53 bits per heavy atom. The van der Waals surface area contributed by atoms with E-state index in [0.717, 1.165) is 0 Å². The quantitative estimate of drug-likeness (QED) is 0.584. The first-order valence-corrected chi connectivity index (χ1v) is 6.01. The normalized spacial score (nSPS) is 18.4. The van der Waals surface area contributed by atoms with Crippen LogP contribution in [-0.2, 0) is 0 Å². The van der Waals surface area contributed by atoms with Crippen molar-refractivity contribution in [2.45, 2.75) is 27.7 Å². The average Bonchev–Trinajstić information content (AvgIpc) is 2.34. The van der Waals surface area contributed by atoms with Gasteiger partial charge >= 0.3 is 0 Å². The Hall–Kier alpha value is -1.56. The summed E-state index contributed by atoms with van der Waals surface area (Å²) in [6, 6.07) is 0. The molecule has 0 N–H and O–H groups in total. The summed E-state index contributed by atoms with van der Waals surface area (Å²) in [6.45, 7) is 12.4. The summed E-state index contributed by atoms with van der Waals surface area (Å²) in [5.41, 5.74) is 3.91. The molecule has 1 aliphatic rings. The molecule has 0 fully saturated rings. The van der Waals surface area contributed by atoms with E-state index >= 15 is 0 Å². The van der Waals surface area contributed by atoms with Crippen LogP contribution in [0.3, 0.4) is 0 Å². The van der Waals surface area contributed by atoms with Crippen LogP contribution in [0.4, 0.5) is 0 Å². The lowest BCUT2D eigenvalue weighted by Gasteiger charge is -2.15. The molecule has 0 saturated heterocycles. The third-order valence-electron chi connectivity index (χ3n) is 2.52. The summed E-state index contributed by atoms with van der Waals surface area (Å²) < 4.78 is 0. The molecule has 0 spiro atoms. The van der Waals surface area contributed by atoms with Gasteiger partial charge in [0.2, 0.25) is 0 Å². The van der Waals surface area contributed by atoms with Crippen molar-refractivity contribution in [3.8, 4) is 0 Å². The minimum Gasteiger partial charge on any atom is -0.0991 e. The van der Waals surface area contributed by atoms with Gasteiger partial charge in [-0.1, -0.05) is 74.6 Å². The Labute approximate surface area is 105 Å². The molecule has 0 bridgehead atoms. The fourth-order valence-corrected chi connectivity index (χ4v) is 1.79. The molecule has 90 valence electrons. The monoisotopic (exact) mass is 226 g/mol. The van der Waals surface area contributed by atoms with Crippen molar-refractivity contribution in [2.24, 2.45) is 5.41 Å². The third-order valence-corrected chi connectivity index (χ3v) is 2.52. The van der Waals surface area contributed by atoms with Crippen molar-refractivity contribution in [1.29, 1.82) is 0 Å². The van der Waals surface area contributed by atoms with Gasteiger partial charge in [-0.2, -0.15) is 0 Å².